The minimum absolute atomic E-state index is 0.296. The van der Waals surface area contributed by atoms with Crippen molar-refractivity contribution >= 4 is 40.3 Å². The Kier molecular flexibility index (Phi) is 4.35. The molecule has 0 bridgehead atoms. The van der Waals surface area contributed by atoms with Gasteiger partial charge in [-0.05, 0) is 24.3 Å². The van der Waals surface area contributed by atoms with E-state index in [-0.39, 0.29) is 0 Å². The lowest BCUT2D eigenvalue weighted by Gasteiger charge is -2.11. The van der Waals surface area contributed by atoms with Crippen molar-refractivity contribution in [2.75, 3.05) is 19.0 Å². The molecule has 0 fully saturated rings. The fourth-order valence-corrected chi connectivity index (χ4v) is 1.89. The van der Waals surface area contributed by atoms with Gasteiger partial charge in [-0.2, -0.15) is 10.2 Å². The third kappa shape index (κ3) is 3.91. The Morgan fingerprint density at radius 3 is 1.95 bits per heavy atom. The minimum atomic E-state index is 0.296. The van der Waals surface area contributed by atoms with Gasteiger partial charge in [0.2, 0.25) is 0 Å². The van der Waals surface area contributed by atoms with Gasteiger partial charge in [0.25, 0.3) is 0 Å². The van der Waals surface area contributed by atoms with Crippen LogP contribution in [-0.4, -0.2) is 19.1 Å². The summed E-state index contributed by atoms with van der Waals surface area (Å²) in [6, 6.07) is 10.9. The van der Waals surface area contributed by atoms with E-state index in [2.05, 4.69) is 15.2 Å². The fourth-order valence-electron chi connectivity index (χ4n) is 1.44. The van der Waals surface area contributed by atoms with Crippen LogP contribution >= 0.6 is 23.2 Å². The van der Waals surface area contributed by atoms with Crippen LogP contribution in [0.1, 0.15) is 0 Å². The highest BCUT2D eigenvalue weighted by Crippen LogP contribution is 2.24. The van der Waals surface area contributed by atoms with Crippen molar-refractivity contribution in [3.05, 3.63) is 46.7 Å². The Hall–Kier alpha value is -1.65. The van der Waals surface area contributed by atoms with Gasteiger partial charge < -0.3 is 4.90 Å². The highest BCUT2D eigenvalue weighted by atomic mass is 35.5. The number of benzene rings is 1. The van der Waals surface area contributed by atoms with Gasteiger partial charge in [0.05, 0.1) is 11.4 Å². The predicted molar refractivity (Wildman–Crippen MR) is 79.2 cm³/mol. The number of nitrogens with zero attached hydrogens (tertiary/aromatic N) is 4. The van der Waals surface area contributed by atoms with Crippen LogP contribution in [0.2, 0.25) is 10.3 Å². The van der Waals surface area contributed by atoms with Gasteiger partial charge in [-0.15, -0.1) is 0 Å². The van der Waals surface area contributed by atoms with Crippen molar-refractivity contribution in [2.24, 2.45) is 10.2 Å². The number of azo groups is 1. The summed E-state index contributed by atoms with van der Waals surface area (Å²) in [5.41, 5.74) is 2.44. The molecule has 0 unspecified atom stereocenters. The van der Waals surface area contributed by atoms with E-state index in [4.69, 9.17) is 23.2 Å². The lowest BCUT2D eigenvalue weighted by molar-refractivity contribution is 1.13. The van der Waals surface area contributed by atoms with Crippen LogP contribution in [0.3, 0.4) is 0 Å². The molecule has 0 aliphatic carbocycles. The molecule has 0 saturated carbocycles. The molecule has 1 aromatic heterocycles. The fraction of sp³-hybridized carbons (Fsp3) is 0.154. The summed E-state index contributed by atoms with van der Waals surface area (Å²) >= 11 is 11.6. The molecule has 0 radical (unpaired) electrons. The summed E-state index contributed by atoms with van der Waals surface area (Å²) in [6.07, 6.45) is 0. The van der Waals surface area contributed by atoms with Crippen molar-refractivity contribution in [1.82, 2.24) is 4.98 Å². The van der Waals surface area contributed by atoms with Crippen LogP contribution in [0.25, 0.3) is 0 Å². The molecule has 0 spiro atoms. The first-order valence-corrected chi connectivity index (χ1v) is 6.32. The van der Waals surface area contributed by atoms with Crippen LogP contribution in [0.5, 0.6) is 0 Å². The van der Waals surface area contributed by atoms with E-state index in [1.54, 1.807) is 12.1 Å². The molecule has 0 amide bonds. The first-order valence-electron chi connectivity index (χ1n) is 5.57. The zero-order valence-corrected chi connectivity index (χ0v) is 12.0. The molecule has 98 valence electrons. The molecular formula is C13H12Cl2N4. The second kappa shape index (κ2) is 5.99. The quantitative estimate of drug-likeness (QED) is 0.598. The number of hydrogen-bond donors (Lipinski definition) is 0. The Labute approximate surface area is 121 Å². The lowest BCUT2D eigenvalue weighted by atomic mass is 10.3. The monoisotopic (exact) mass is 294 g/mol. The molecule has 4 nitrogen and oxygen atoms in total. The lowest BCUT2D eigenvalue weighted by Crippen LogP contribution is -2.07. The molecule has 1 aromatic carbocycles. The van der Waals surface area contributed by atoms with Crippen LogP contribution < -0.4 is 4.90 Å². The highest BCUT2D eigenvalue weighted by Gasteiger charge is 1.99. The van der Waals surface area contributed by atoms with Gasteiger partial charge in [-0.1, -0.05) is 23.2 Å². The topological polar surface area (TPSA) is 40.9 Å². The van der Waals surface area contributed by atoms with Gasteiger partial charge >= 0.3 is 0 Å². The maximum Gasteiger partial charge on any atom is 0.133 e. The average Bonchev–Trinajstić information content (AvgIpc) is 2.36. The Morgan fingerprint density at radius 1 is 0.895 bits per heavy atom. The van der Waals surface area contributed by atoms with Gasteiger partial charge in [-0.25, -0.2) is 4.98 Å². The van der Waals surface area contributed by atoms with Crippen molar-refractivity contribution < 1.29 is 0 Å². The van der Waals surface area contributed by atoms with Crippen LogP contribution in [0.15, 0.2) is 46.6 Å². The molecule has 0 aliphatic rings. The summed E-state index contributed by atoms with van der Waals surface area (Å²) < 4.78 is 0. The number of pyridine rings is 1. The summed E-state index contributed by atoms with van der Waals surface area (Å²) in [5.74, 6) is 0. The smallest absolute Gasteiger partial charge is 0.133 e. The minimum Gasteiger partial charge on any atom is -0.378 e. The van der Waals surface area contributed by atoms with E-state index in [0.717, 1.165) is 11.4 Å². The van der Waals surface area contributed by atoms with Crippen LogP contribution in [0.4, 0.5) is 17.1 Å². The zero-order chi connectivity index (χ0) is 13.8. The van der Waals surface area contributed by atoms with E-state index in [1.807, 2.05) is 43.3 Å². The molecule has 1 heterocycles. The van der Waals surface area contributed by atoms with E-state index in [9.17, 15) is 0 Å². The van der Waals surface area contributed by atoms with Gasteiger partial charge in [0.15, 0.2) is 0 Å². The predicted octanol–water partition coefficient (Wildman–Crippen LogP) is 4.87. The Morgan fingerprint density at radius 2 is 1.42 bits per heavy atom. The largest absolute Gasteiger partial charge is 0.378 e. The zero-order valence-electron chi connectivity index (χ0n) is 10.5. The number of hydrogen-bond acceptors (Lipinski definition) is 4. The molecule has 2 aromatic rings. The van der Waals surface area contributed by atoms with Crippen LogP contribution in [0, 0.1) is 0 Å². The van der Waals surface area contributed by atoms with Crippen molar-refractivity contribution in [3.8, 4) is 0 Å². The summed E-state index contributed by atoms with van der Waals surface area (Å²) in [6.45, 7) is 0. The first kappa shape index (κ1) is 13.8. The maximum absolute atomic E-state index is 5.78. The molecule has 0 saturated heterocycles. The third-order valence-corrected chi connectivity index (χ3v) is 2.78. The summed E-state index contributed by atoms with van der Waals surface area (Å²) in [5, 5.41) is 8.79. The summed E-state index contributed by atoms with van der Waals surface area (Å²) in [4.78, 5) is 5.86. The van der Waals surface area contributed by atoms with E-state index < -0.39 is 0 Å². The highest BCUT2D eigenvalue weighted by molar-refractivity contribution is 6.32. The molecule has 19 heavy (non-hydrogen) atoms. The van der Waals surface area contributed by atoms with E-state index in [0.29, 0.717) is 16.0 Å². The third-order valence-electron chi connectivity index (χ3n) is 2.39. The van der Waals surface area contributed by atoms with E-state index in [1.165, 1.54) is 0 Å². The van der Waals surface area contributed by atoms with E-state index >= 15 is 0 Å². The molecule has 0 aliphatic heterocycles. The SMILES string of the molecule is CN(C)c1ccc(N=Nc2cc(Cl)nc(Cl)c2)cc1. The number of anilines is 1. The molecule has 2 rings (SSSR count). The summed E-state index contributed by atoms with van der Waals surface area (Å²) in [7, 11) is 3.97. The maximum atomic E-state index is 5.78. The standard InChI is InChI=1S/C13H12Cl2N4/c1-19(2)11-5-3-9(4-6-11)17-18-10-7-12(14)16-13(15)8-10/h3-8H,1-2H3. The average molecular weight is 295 g/mol. The second-order valence-electron chi connectivity index (χ2n) is 4.08. The normalized spacial score (nSPS) is 10.9. The Balaban J connectivity index is 2.17. The van der Waals surface area contributed by atoms with Crippen molar-refractivity contribution in [3.63, 3.8) is 0 Å². The van der Waals surface area contributed by atoms with Crippen molar-refractivity contribution in [2.45, 2.75) is 0 Å². The van der Waals surface area contributed by atoms with Crippen LogP contribution in [-0.2, 0) is 0 Å². The van der Waals surface area contributed by atoms with Gasteiger partial charge in [0, 0.05) is 31.9 Å². The number of halogens is 2. The van der Waals surface area contributed by atoms with Crippen molar-refractivity contribution in [1.29, 1.82) is 0 Å². The van der Waals surface area contributed by atoms with Gasteiger partial charge in [0.1, 0.15) is 10.3 Å². The molecule has 6 heteroatoms. The molecule has 0 atom stereocenters. The number of rotatable bonds is 3. The number of aromatic nitrogens is 1. The first-order chi connectivity index (χ1) is 9.04. The Bertz CT molecular complexity index is 574. The van der Waals surface area contributed by atoms with Gasteiger partial charge in [-0.3, -0.25) is 0 Å². The molecular weight excluding hydrogens is 283 g/mol. The second-order valence-corrected chi connectivity index (χ2v) is 4.86. The molecule has 0 N–H and O–H groups in total.